The van der Waals surface area contributed by atoms with Crippen LogP contribution in [0.25, 0.3) is 0 Å². The van der Waals surface area contributed by atoms with Crippen molar-refractivity contribution in [3.05, 3.63) is 24.3 Å². The number of nitrogens with zero attached hydrogens (tertiary/aromatic N) is 1. The number of likely N-dealkylation sites (tertiary alicyclic amines) is 1. The zero-order chi connectivity index (χ0) is 14.2. The molecular formula is C15H22N2O3. The third-order valence-corrected chi connectivity index (χ3v) is 3.30. The topological polar surface area (TPSA) is 64.8 Å². The van der Waals surface area contributed by atoms with Crippen molar-refractivity contribution in [2.24, 2.45) is 0 Å². The molecule has 110 valence electrons. The molecule has 1 aromatic rings. The molecule has 5 heteroatoms. The molecule has 0 unspecified atom stereocenters. The summed E-state index contributed by atoms with van der Waals surface area (Å²) in [6, 6.07) is 6.99. The number of nitrogens with two attached hydrogens (primary N) is 1. The molecule has 0 atom stereocenters. The summed E-state index contributed by atoms with van der Waals surface area (Å²) in [4.78, 5) is 13.9. The normalized spacial score (nSPS) is 15.2. The lowest BCUT2D eigenvalue weighted by Crippen LogP contribution is -2.23. The first-order valence-corrected chi connectivity index (χ1v) is 7.10. The van der Waals surface area contributed by atoms with Crippen molar-refractivity contribution in [1.82, 2.24) is 4.90 Å². The first-order valence-electron chi connectivity index (χ1n) is 7.10. The molecule has 1 saturated heterocycles. The predicted molar refractivity (Wildman–Crippen MR) is 77.6 cm³/mol. The van der Waals surface area contributed by atoms with Gasteiger partial charge in [0.2, 0.25) is 0 Å². The van der Waals surface area contributed by atoms with Crippen molar-refractivity contribution >= 4 is 11.7 Å². The lowest BCUT2D eigenvalue weighted by molar-refractivity contribution is -0.146. The minimum absolute atomic E-state index is 0.0762. The van der Waals surface area contributed by atoms with Crippen LogP contribution in [0.5, 0.6) is 5.75 Å². The van der Waals surface area contributed by atoms with E-state index in [0.717, 1.165) is 13.0 Å². The van der Waals surface area contributed by atoms with Crippen molar-refractivity contribution in [3.63, 3.8) is 0 Å². The Morgan fingerprint density at radius 3 is 2.85 bits per heavy atom. The zero-order valence-corrected chi connectivity index (χ0v) is 11.7. The Kier molecular flexibility index (Phi) is 5.68. The summed E-state index contributed by atoms with van der Waals surface area (Å²) in [5, 5.41) is 0. The van der Waals surface area contributed by atoms with Gasteiger partial charge < -0.3 is 20.1 Å². The number of esters is 1. The molecule has 0 radical (unpaired) electrons. The van der Waals surface area contributed by atoms with Crippen LogP contribution in [0.4, 0.5) is 5.69 Å². The molecule has 0 saturated carbocycles. The van der Waals surface area contributed by atoms with Crippen molar-refractivity contribution in [2.45, 2.75) is 19.3 Å². The number of benzene rings is 1. The number of nitrogen functional groups attached to an aromatic ring is 1. The number of carbonyl (C=O) groups excluding carboxylic acids is 1. The maximum absolute atomic E-state index is 11.5. The predicted octanol–water partition coefficient (Wildman–Crippen LogP) is 1.68. The van der Waals surface area contributed by atoms with Crippen LogP contribution in [0.15, 0.2) is 24.3 Å². The molecule has 0 aromatic heterocycles. The highest BCUT2D eigenvalue weighted by Gasteiger charge is 2.11. The van der Waals surface area contributed by atoms with Gasteiger partial charge in [-0.3, -0.25) is 0 Å². The van der Waals surface area contributed by atoms with Crippen LogP contribution in [-0.2, 0) is 9.53 Å². The van der Waals surface area contributed by atoms with Crippen molar-refractivity contribution in [2.75, 3.05) is 38.6 Å². The zero-order valence-electron chi connectivity index (χ0n) is 11.7. The van der Waals surface area contributed by atoms with Gasteiger partial charge >= 0.3 is 5.97 Å². The number of hydrogen-bond acceptors (Lipinski definition) is 5. The van der Waals surface area contributed by atoms with Gasteiger partial charge in [-0.05, 0) is 44.5 Å². The van der Waals surface area contributed by atoms with Gasteiger partial charge in [-0.1, -0.05) is 6.07 Å². The van der Waals surface area contributed by atoms with Crippen LogP contribution >= 0.6 is 0 Å². The smallest absolute Gasteiger partial charge is 0.344 e. The van der Waals surface area contributed by atoms with Gasteiger partial charge in [-0.25, -0.2) is 4.79 Å². The van der Waals surface area contributed by atoms with Gasteiger partial charge in [0.15, 0.2) is 6.61 Å². The van der Waals surface area contributed by atoms with Gasteiger partial charge in [-0.15, -0.1) is 0 Å². The Balaban J connectivity index is 1.56. The highest BCUT2D eigenvalue weighted by Crippen LogP contribution is 2.14. The van der Waals surface area contributed by atoms with E-state index < -0.39 is 0 Å². The number of anilines is 1. The summed E-state index contributed by atoms with van der Waals surface area (Å²) in [5.41, 5.74) is 6.23. The molecule has 1 heterocycles. The van der Waals surface area contributed by atoms with Crippen LogP contribution in [-0.4, -0.2) is 43.7 Å². The van der Waals surface area contributed by atoms with Crippen LogP contribution in [0.3, 0.4) is 0 Å². The summed E-state index contributed by atoms with van der Waals surface area (Å²) >= 11 is 0. The van der Waals surface area contributed by atoms with Crippen molar-refractivity contribution < 1.29 is 14.3 Å². The molecule has 0 amide bonds. The molecule has 0 aliphatic carbocycles. The van der Waals surface area contributed by atoms with E-state index in [-0.39, 0.29) is 12.6 Å². The molecule has 1 aliphatic heterocycles. The largest absolute Gasteiger partial charge is 0.482 e. The quantitative estimate of drug-likeness (QED) is 0.467. The van der Waals surface area contributed by atoms with E-state index in [1.807, 2.05) is 0 Å². The standard InChI is InChI=1S/C15H22N2O3/c16-13-5-3-6-14(11-13)20-12-15(18)19-10-4-9-17-7-1-2-8-17/h3,5-6,11H,1-2,4,7-10,12,16H2. The van der Waals surface area contributed by atoms with Crippen LogP contribution in [0.2, 0.25) is 0 Å². The van der Waals surface area contributed by atoms with Gasteiger partial charge in [-0.2, -0.15) is 0 Å². The fourth-order valence-corrected chi connectivity index (χ4v) is 2.27. The molecule has 1 fully saturated rings. The summed E-state index contributed by atoms with van der Waals surface area (Å²) in [6.45, 7) is 3.73. The third kappa shape index (κ3) is 5.09. The van der Waals surface area contributed by atoms with Crippen molar-refractivity contribution in [1.29, 1.82) is 0 Å². The molecule has 20 heavy (non-hydrogen) atoms. The first kappa shape index (κ1) is 14.7. The second kappa shape index (κ2) is 7.75. The van der Waals surface area contributed by atoms with E-state index in [2.05, 4.69) is 4.90 Å². The summed E-state index contributed by atoms with van der Waals surface area (Å²) in [7, 11) is 0. The maximum atomic E-state index is 11.5. The average Bonchev–Trinajstić information content (AvgIpc) is 2.95. The summed E-state index contributed by atoms with van der Waals surface area (Å²) in [6.07, 6.45) is 3.45. The Morgan fingerprint density at radius 2 is 2.10 bits per heavy atom. The maximum Gasteiger partial charge on any atom is 0.344 e. The van der Waals surface area contributed by atoms with E-state index in [4.69, 9.17) is 15.2 Å². The fraction of sp³-hybridized carbons (Fsp3) is 0.533. The molecule has 0 bridgehead atoms. The lowest BCUT2D eigenvalue weighted by atomic mass is 10.3. The van der Waals surface area contributed by atoms with Crippen LogP contribution in [0.1, 0.15) is 19.3 Å². The second-order valence-electron chi connectivity index (χ2n) is 4.98. The van der Waals surface area contributed by atoms with Crippen LogP contribution < -0.4 is 10.5 Å². The highest BCUT2D eigenvalue weighted by molar-refractivity contribution is 5.71. The van der Waals surface area contributed by atoms with E-state index >= 15 is 0 Å². The van der Waals surface area contributed by atoms with Gasteiger partial charge in [0.25, 0.3) is 0 Å². The van der Waals surface area contributed by atoms with Crippen molar-refractivity contribution in [3.8, 4) is 5.75 Å². The van der Waals surface area contributed by atoms with Gasteiger partial charge in [0, 0.05) is 18.3 Å². The molecule has 2 N–H and O–H groups in total. The minimum atomic E-state index is -0.339. The Labute approximate surface area is 119 Å². The van der Waals surface area contributed by atoms with Gasteiger partial charge in [0.1, 0.15) is 5.75 Å². The average molecular weight is 278 g/mol. The van der Waals surface area contributed by atoms with E-state index in [0.29, 0.717) is 18.0 Å². The van der Waals surface area contributed by atoms with E-state index in [1.165, 1.54) is 25.9 Å². The van der Waals surface area contributed by atoms with E-state index in [1.54, 1.807) is 24.3 Å². The monoisotopic (exact) mass is 278 g/mol. The van der Waals surface area contributed by atoms with Crippen LogP contribution in [0, 0.1) is 0 Å². The number of carbonyl (C=O) groups is 1. The molecule has 1 aromatic carbocycles. The Hall–Kier alpha value is -1.75. The van der Waals surface area contributed by atoms with E-state index in [9.17, 15) is 4.79 Å². The third-order valence-electron chi connectivity index (χ3n) is 3.30. The molecule has 0 spiro atoms. The van der Waals surface area contributed by atoms with Gasteiger partial charge in [0.05, 0.1) is 6.61 Å². The summed E-state index contributed by atoms with van der Waals surface area (Å²) < 4.78 is 10.4. The number of ether oxygens (including phenoxy) is 2. The SMILES string of the molecule is Nc1cccc(OCC(=O)OCCCN2CCCC2)c1. The highest BCUT2D eigenvalue weighted by atomic mass is 16.6. The number of hydrogen-bond donors (Lipinski definition) is 1. The molecule has 1 aliphatic rings. The first-order chi connectivity index (χ1) is 9.74. The lowest BCUT2D eigenvalue weighted by Gasteiger charge is -2.14. The fourth-order valence-electron chi connectivity index (χ4n) is 2.27. The molecular weight excluding hydrogens is 256 g/mol. The molecule has 5 nitrogen and oxygen atoms in total. The second-order valence-corrected chi connectivity index (χ2v) is 4.98. The summed E-state index contributed by atoms with van der Waals surface area (Å²) in [5.74, 6) is 0.243. The number of rotatable bonds is 7. The Morgan fingerprint density at radius 1 is 1.30 bits per heavy atom. The Bertz CT molecular complexity index is 431. The molecule has 2 rings (SSSR count). The minimum Gasteiger partial charge on any atom is -0.482 e.